The van der Waals surface area contributed by atoms with Crippen molar-refractivity contribution in [3.05, 3.63) is 0 Å². The van der Waals surface area contributed by atoms with Gasteiger partial charge >= 0.3 is 0 Å². The molecule has 0 aromatic rings. The van der Waals surface area contributed by atoms with Crippen molar-refractivity contribution in [3.63, 3.8) is 0 Å². The molecule has 3 heteroatoms. The van der Waals surface area contributed by atoms with E-state index < -0.39 is 0 Å². The van der Waals surface area contributed by atoms with Crippen LogP contribution in [0.1, 0.15) is 6.92 Å². The van der Waals surface area contributed by atoms with Crippen LogP contribution in [0.3, 0.4) is 0 Å². The highest BCUT2D eigenvalue weighted by Crippen LogP contribution is 1.53. The standard InChI is InChI=1S/C4H9N3/c1-4(5)7-3-6-2/h3H,1-2H3,(H2,5,6,7). The topological polar surface area (TPSA) is 48.2 Å². The smallest absolute Gasteiger partial charge is 0.0950 e. The van der Waals surface area contributed by atoms with E-state index in [-0.39, 0.29) is 0 Å². The molecule has 0 aromatic carbocycles. The molecule has 0 heterocycles. The third-order valence-corrected chi connectivity index (χ3v) is 0.410. The van der Waals surface area contributed by atoms with Crippen molar-refractivity contribution in [1.29, 1.82) is 5.41 Å². The summed E-state index contributed by atoms with van der Waals surface area (Å²) in [6, 6.07) is 0. The number of aliphatic imine (C=N–C) groups is 1. The minimum Gasteiger partial charge on any atom is -0.336 e. The summed E-state index contributed by atoms with van der Waals surface area (Å²) in [5.74, 6) is 0.408. The highest BCUT2D eigenvalue weighted by atomic mass is 15.0. The zero-order chi connectivity index (χ0) is 5.70. The summed E-state index contributed by atoms with van der Waals surface area (Å²) in [5, 5.41) is 9.38. The maximum atomic E-state index is 6.80. The first-order valence-corrected chi connectivity index (χ1v) is 1.99. The number of hydrogen-bond donors (Lipinski definition) is 2. The fourth-order valence-electron chi connectivity index (χ4n) is 0.161. The highest BCUT2D eigenvalue weighted by Gasteiger charge is 1.72. The van der Waals surface area contributed by atoms with Gasteiger partial charge in [-0.15, -0.1) is 0 Å². The van der Waals surface area contributed by atoms with Crippen molar-refractivity contribution in [3.8, 4) is 0 Å². The number of hydrogen-bond acceptors (Lipinski definition) is 2. The maximum Gasteiger partial charge on any atom is 0.0950 e. The Morgan fingerprint density at radius 2 is 2.43 bits per heavy atom. The Morgan fingerprint density at radius 1 is 1.86 bits per heavy atom. The van der Waals surface area contributed by atoms with Crippen LogP contribution in [-0.4, -0.2) is 19.2 Å². The molecule has 0 aliphatic heterocycles. The SMILES string of the molecule is C/N=C\NC(C)=N. The molecular formula is C4H9N3. The zero-order valence-corrected chi connectivity index (χ0v) is 4.52. The minimum atomic E-state index is 0.408. The van der Waals surface area contributed by atoms with E-state index in [1.807, 2.05) is 0 Å². The Labute approximate surface area is 43.0 Å². The van der Waals surface area contributed by atoms with Gasteiger partial charge in [0.15, 0.2) is 0 Å². The van der Waals surface area contributed by atoms with Crippen molar-refractivity contribution < 1.29 is 0 Å². The Morgan fingerprint density at radius 3 is 2.57 bits per heavy atom. The van der Waals surface area contributed by atoms with E-state index >= 15 is 0 Å². The molecule has 0 unspecified atom stereocenters. The van der Waals surface area contributed by atoms with Gasteiger partial charge in [0.25, 0.3) is 0 Å². The van der Waals surface area contributed by atoms with E-state index in [4.69, 9.17) is 5.41 Å². The summed E-state index contributed by atoms with van der Waals surface area (Å²) in [5.41, 5.74) is 0. The molecule has 0 saturated carbocycles. The van der Waals surface area contributed by atoms with Crippen LogP contribution in [0, 0.1) is 5.41 Å². The molecule has 0 spiro atoms. The van der Waals surface area contributed by atoms with Gasteiger partial charge in [0.2, 0.25) is 0 Å². The van der Waals surface area contributed by atoms with Gasteiger partial charge in [-0.05, 0) is 6.92 Å². The lowest BCUT2D eigenvalue weighted by Crippen LogP contribution is -2.15. The molecule has 7 heavy (non-hydrogen) atoms. The van der Waals surface area contributed by atoms with Gasteiger partial charge in [-0.2, -0.15) is 0 Å². The van der Waals surface area contributed by atoms with Crippen molar-refractivity contribution in [1.82, 2.24) is 5.32 Å². The summed E-state index contributed by atoms with van der Waals surface area (Å²) in [6.45, 7) is 1.65. The lowest BCUT2D eigenvalue weighted by Gasteiger charge is -1.88. The molecule has 0 aliphatic carbocycles. The van der Waals surface area contributed by atoms with Gasteiger partial charge in [-0.1, -0.05) is 0 Å². The van der Waals surface area contributed by atoms with E-state index in [0.717, 1.165) is 0 Å². The predicted molar refractivity (Wildman–Crippen MR) is 31.0 cm³/mol. The molecule has 0 rings (SSSR count). The van der Waals surface area contributed by atoms with E-state index in [2.05, 4.69) is 10.3 Å². The van der Waals surface area contributed by atoms with E-state index in [9.17, 15) is 0 Å². The van der Waals surface area contributed by atoms with E-state index in [1.165, 1.54) is 6.34 Å². The summed E-state index contributed by atoms with van der Waals surface area (Å²) < 4.78 is 0. The summed E-state index contributed by atoms with van der Waals surface area (Å²) >= 11 is 0. The third-order valence-electron chi connectivity index (χ3n) is 0.410. The Hall–Kier alpha value is -0.860. The van der Waals surface area contributed by atoms with Crippen molar-refractivity contribution in [2.75, 3.05) is 7.05 Å². The first kappa shape index (κ1) is 6.14. The Bertz CT molecular complexity index is 84.9. The van der Waals surface area contributed by atoms with Crippen LogP contribution in [0.4, 0.5) is 0 Å². The summed E-state index contributed by atoms with van der Waals surface area (Å²) in [4.78, 5) is 3.60. The molecular weight excluding hydrogens is 90.1 g/mol. The number of nitrogens with one attached hydrogen (secondary N) is 2. The Kier molecular flexibility index (Phi) is 2.92. The van der Waals surface area contributed by atoms with Crippen LogP contribution in [-0.2, 0) is 0 Å². The van der Waals surface area contributed by atoms with E-state index in [0.29, 0.717) is 5.84 Å². The first-order chi connectivity index (χ1) is 3.27. The van der Waals surface area contributed by atoms with Gasteiger partial charge in [0.1, 0.15) is 0 Å². The second-order valence-electron chi connectivity index (χ2n) is 1.16. The third kappa shape index (κ3) is 5.14. The van der Waals surface area contributed by atoms with Crippen LogP contribution >= 0.6 is 0 Å². The maximum absolute atomic E-state index is 6.80. The van der Waals surface area contributed by atoms with Gasteiger partial charge in [0, 0.05) is 7.05 Å². The average molecular weight is 99.1 g/mol. The molecule has 0 saturated heterocycles. The van der Waals surface area contributed by atoms with Crippen LogP contribution in [0.15, 0.2) is 4.99 Å². The van der Waals surface area contributed by atoms with Crippen LogP contribution in [0.2, 0.25) is 0 Å². The van der Waals surface area contributed by atoms with Crippen molar-refractivity contribution in [2.45, 2.75) is 6.92 Å². The van der Waals surface area contributed by atoms with Crippen LogP contribution in [0.25, 0.3) is 0 Å². The van der Waals surface area contributed by atoms with Gasteiger partial charge in [0.05, 0.1) is 12.2 Å². The molecule has 2 N–H and O–H groups in total. The summed E-state index contributed by atoms with van der Waals surface area (Å²) in [6.07, 6.45) is 1.47. The van der Waals surface area contributed by atoms with Gasteiger partial charge in [-0.3, -0.25) is 10.4 Å². The minimum absolute atomic E-state index is 0.408. The molecule has 0 atom stereocenters. The van der Waals surface area contributed by atoms with Crippen molar-refractivity contribution in [2.24, 2.45) is 4.99 Å². The number of amidine groups is 1. The molecule has 0 bridgehead atoms. The molecule has 0 fully saturated rings. The second kappa shape index (κ2) is 3.33. The first-order valence-electron chi connectivity index (χ1n) is 1.99. The zero-order valence-electron chi connectivity index (χ0n) is 4.52. The average Bonchev–Trinajstić information content (AvgIpc) is 1.61. The molecule has 0 aromatic heterocycles. The molecule has 3 nitrogen and oxygen atoms in total. The lowest BCUT2D eigenvalue weighted by atomic mass is 10.7. The Balaban J connectivity index is 3.14. The molecule has 0 radical (unpaired) electrons. The molecule has 40 valence electrons. The normalized spacial score (nSPS) is 9.43. The predicted octanol–water partition coefficient (Wildman–Crippen LogP) is 0.231. The number of rotatable bonds is 1. The summed E-state index contributed by atoms with van der Waals surface area (Å²) in [7, 11) is 1.65. The quantitative estimate of drug-likeness (QED) is 0.359. The fraction of sp³-hybridized carbons (Fsp3) is 0.500. The van der Waals surface area contributed by atoms with Crippen LogP contribution < -0.4 is 5.32 Å². The number of nitrogens with zero attached hydrogens (tertiary/aromatic N) is 1. The van der Waals surface area contributed by atoms with Gasteiger partial charge < -0.3 is 5.32 Å². The van der Waals surface area contributed by atoms with Gasteiger partial charge in [-0.25, -0.2) is 0 Å². The molecule has 0 amide bonds. The second-order valence-corrected chi connectivity index (χ2v) is 1.16. The van der Waals surface area contributed by atoms with Crippen molar-refractivity contribution >= 4 is 12.2 Å². The van der Waals surface area contributed by atoms with E-state index in [1.54, 1.807) is 14.0 Å². The fourth-order valence-corrected chi connectivity index (χ4v) is 0.161. The van der Waals surface area contributed by atoms with Crippen LogP contribution in [0.5, 0.6) is 0 Å². The highest BCUT2D eigenvalue weighted by molar-refractivity contribution is 5.87. The lowest BCUT2D eigenvalue weighted by molar-refractivity contribution is 1.27. The molecule has 0 aliphatic rings. The largest absolute Gasteiger partial charge is 0.336 e. The monoisotopic (exact) mass is 99.1 g/mol.